The van der Waals surface area contributed by atoms with Crippen LogP contribution in [0, 0.1) is 11.3 Å². The minimum Gasteiger partial charge on any atom is -0.497 e. The zero-order chi connectivity index (χ0) is 45.1. The standard InChI is InChI=1S/C47H59N6O8PS/c1-8-31-26-47(31,62(57,58)21-20-30-14-10-9-11-15-30)52-41(54)23-32-22-35(27-53(32)43(55)42(46(4,5)6)51-45(56)61-33-16-12-13-17-33)60-40-25-38(39-28-63-44(50-39)48-29(2)3)49-37-24-34(59-7)18-19-36(37)40/h8-11,14-15,18-21,24-25,28-29,31-33,35,42H,1,12-13,16-17,22-23,26-27H2,2-7H3,(H,48,50)(H,51,56)(H,52,54)(H,57,58)/b21-20+/t31-,32?,35-,42-,47+/m1/s1. The molecule has 0 radical (unpaired) electrons. The lowest BCUT2D eigenvalue weighted by Gasteiger charge is -2.35. The summed E-state index contributed by atoms with van der Waals surface area (Å²) in [4.78, 5) is 65.2. The summed E-state index contributed by atoms with van der Waals surface area (Å²) in [6.07, 6.45) is 5.52. The molecule has 2 unspecified atom stereocenters. The van der Waals surface area contributed by atoms with E-state index in [0.717, 1.165) is 36.4 Å². The molecule has 3 aliphatic rings. The molecule has 336 valence electrons. The second kappa shape index (κ2) is 18.8. The number of aromatic nitrogens is 2. The van der Waals surface area contributed by atoms with E-state index in [-0.39, 0.29) is 38.0 Å². The zero-order valence-electron chi connectivity index (χ0n) is 36.8. The van der Waals surface area contributed by atoms with Crippen LogP contribution in [0.4, 0.5) is 9.93 Å². The van der Waals surface area contributed by atoms with Crippen LogP contribution in [0.15, 0.2) is 78.4 Å². The number of likely N-dealkylation sites (tertiary alicyclic amines) is 1. The Balaban J connectivity index is 1.18. The zero-order valence-corrected chi connectivity index (χ0v) is 38.5. The van der Waals surface area contributed by atoms with Gasteiger partial charge in [-0.25, -0.2) is 14.8 Å². The summed E-state index contributed by atoms with van der Waals surface area (Å²) in [5.41, 5.74) is 1.87. The number of nitrogens with one attached hydrogen (secondary N) is 3. The molecule has 4 N–H and O–H groups in total. The maximum atomic E-state index is 14.9. The van der Waals surface area contributed by atoms with Crippen molar-refractivity contribution >= 4 is 58.7 Å². The predicted molar refractivity (Wildman–Crippen MR) is 247 cm³/mol. The Hall–Kier alpha value is -5.24. The summed E-state index contributed by atoms with van der Waals surface area (Å²) >= 11 is 1.47. The molecule has 16 heteroatoms. The number of pyridine rings is 1. The number of nitrogens with zero attached hydrogens (tertiary/aromatic N) is 3. The molecule has 63 heavy (non-hydrogen) atoms. The van der Waals surface area contributed by atoms with Crippen molar-refractivity contribution < 1.29 is 38.1 Å². The van der Waals surface area contributed by atoms with E-state index < -0.39 is 60.1 Å². The van der Waals surface area contributed by atoms with E-state index in [1.165, 1.54) is 17.2 Å². The summed E-state index contributed by atoms with van der Waals surface area (Å²) in [6.45, 7) is 13.6. The maximum Gasteiger partial charge on any atom is 0.408 e. The molecule has 14 nitrogen and oxygen atoms in total. The van der Waals surface area contributed by atoms with Crippen molar-refractivity contribution in [2.75, 3.05) is 19.0 Å². The van der Waals surface area contributed by atoms with Gasteiger partial charge in [-0.3, -0.25) is 14.2 Å². The first-order valence-electron chi connectivity index (χ1n) is 21.6. The topological polar surface area (TPSA) is 181 Å². The Morgan fingerprint density at radius 1 is 1.06 bits per heavy atom. The van der Waals surface area contributed by atoms with Gasteiger partial charge in [0.15, 0.2) is 5.13 Å². The van der Waals surface area contributed by atoms with Gasteiger partial charge in [0.25, 0.3) is 0 Å². The van der Waals surface area contributed by atoms with Gasteiger partial charge in [-0.15, -0.1) is 17.9 Å². The quantitative estimate of drug-likeness (QED) is 0.0623. The van der Waals surface area contributed by atoms with Gasteiger partial charge >= 0.3 is 6.09 Å². The fourth-order valence-electron chi connectivity index (χ4n) is 8.50. The van der Waals surface area contributed by atoms with Crippen molar-refractivity contribution in [2.45, 2.75) is 115 Å². The van der Waals surface area contributed by atoms with E-state index in [9.17, 15) is 23.8 Å². The minimum atomic E-state index is -4.12. The lowest BCUT2D eigenvalue weighted by Crippen LogP contribution is -2.56. The molecule has 0 bridgehead atoms. The molecule has 1 aliphatic heterocycles. The third-order valence-corrected chi connectivity index (χ3v) is 15.0. The van der Waals surface area contributed by atoms with Crippen molar-refractivity contribution in [3.8, 4) is 22.9 Å². The summed E-state index contributed by atoms with van der Waals surface area (Å²) in [5, 5.41) is 11.1. The number of fused-ring (bicyclic) bond motifs is 1. The Labute approximate surface area is 373 Å². The largest absolute Gasteiger partial charge is 0.497 e. The van der Waals surface area contributed by atoms with Gasteiger partial charge in [-0.1, -0.05) is 57.2 Å². The number of hydrogen-bond donors (Lipinski definition) is 4. The lowest BCUT2D eigenvalue weighted by atomic mass is 9.85. The number of rotatable bonds is 16. The van der Waals surface area contributed by atoms with Crippen LogP contribution in [-0.2, 0) is 18.9 Å². The molecular weight excluding hydrogens is 840 g/mol. The van der Waals surface area contributed by atoms with E-state index >= 15 is 0 Å². The molecule has 1 saturated heterocycles. The number of carbonyl (C=O) groups is 3. The highest BCUT2D eigenvalue weighted by Gasteiger charge is 2.64. The molecule has 2 aromatic heterocycles. The Morgan fingerprint density at radius 3 is 2.48 bits per heavy atom. The van der Waals surface area contributed by atoms with Crippen LogP contribution in [0.5, 0.6) is 11.5 Å². The first kappa shape index (κ1) is 45.8. The average Bonchev–Trinajstić information content (AvgIpc) is 3.61. The third-order valence-electron chi connectivity index (χ3n) is 11.9. The maximum absolute atomic E-state index is 14.9. The second-order valence-electron chi connectivity index (χ2n) is 18.2. The smallest absolute Gasteiger partial charge is 0.408 e. The fraction of sp³-hybridized carbons (Fsp3) is 0.468. The highest BCUT2D eigenvalue weighted by Crippen LogP contribution is 2.70. The first-order valence-corrected chi connectivity index (χ1v) is 24.3. The van der Waals surface area contributed by atoms with Gasteiger partial charge in [0.05, 0.1) is 24.9 Å². The Morgan fingerprint density at radius 2 is 1.81 bits per heavy atom. The van der Waals surface area contributed by atoms with Crippen molar-refractivity contribution in [2.24, 2.45) is 11.3 Å². The number of thiazole rings is 1. The van der Waals surface area contributed by atoms with Crippen molar-refractivity contribution in [1.82, 2.24) is 25.5 Å². The summed E-state index contributed by atoms with van der Waals surface area (Å²) < 4.78 is 32.1. The van der Waals surface area contributed by atoms with E-state index in [1.54, 1.807) is 24.2 Å². The Bertz CT molecular complexity index is 2400. The summed E-state index contributed by atoms with van der Waals surface area (Å²) in [5.74, 6) is 1.08. The van der Waals surface area contributed by atoms with Gasteiger partial charge in [-0.05, 0) is 75.1 Å². The molecule has 0 spiro atoms. The van der Waals surface area contributed by atoms with E-state index in [0.29, 0.717) is 33.8 Å². The number of anilines is 1. The molecule has 3 heterocycles. The number of ether oxygens (including phenoxy) is 3. The van der Waals surface area contributed by atoms with Crippen LogP contribution in [0.3, 0.4) is 0 Å². The van der Waals surface area contributed by atoms with Crippen LogP contribution in [0.1, 0.15) is 85.1 Å². The molecule has 6 atom stereocenters. The molecule has 3 fully saturated rings. The van der Waals surface area contributed by atoms with Crippen LogP contribution in [0.25, 0.3) is 28.4 Å². The Kier molecular flexibility index (Phi) is 13.7. The van der Waals surface area contributed by atoms with Crippen molar-refractivity contribution in [3.05, 3.63) is 84.0 Å². The van der Waals surface area contributed by atoms with E-state index in [1.807, 2.05) is 94.6 Å². The van der Waals surface area contributed by atoms with E-state index in [4.69, 9.17) is 24.2 Å². The third kappa shape index (κ3) is 10.6. The number of alkyl carbamates (subject to hydrolysis) is 1. The molecular formula is C47H59N6O8PS. The molecule has 2 aliphatic carbocycles. The van der Waals surface area contributed by atoms with Crippen LogP contribution < -0.4 is 25.4 Å². The predicted octanol–water partition coefficient (Wildman–Crippen LogP) is 8.97. The molecule has 2 saturated carbocycles. The van der Waals surface area contributed by atoms with Crippen LogP contribution in [0.2, 0.25) is 0 Å². The number of benzene rings is 2. The van der Waals surface area contributed by atoms with Crippen molar-refractivity contribution in [1.29, 1.82) is 0 Å². The molecule has 4 aromatic rings. The van der Waals surface area contributed by atoms with Gasteiger partial charge in [0.2, 0.25) is 19.2 Å². The number of amides is 3. The number of hydrogen-bond acceptors (Lipinski definition) is 11. The normalized spacial score (nSPS) is 22.7. The van der Waals surface area contributed by atoms with Gasteiger partial charge in [0.1, 0.15) is 40.7 Å². The highest BCUT2D eigenvalue weighted by atomic mass is 32.1. The second-order valence-corrected chi connectivity index (χ2v) is 21.4. The molecule has 2 aromatic carbocycles. The number of carbonyl (C=O) groups excluding carboxylic acids is 3. The lowest BCUT2D eigenvalue weighted by molar-refractivity contribution is -0.138. The van der Waals surface area contributed by atoms with Gasteiger partial charge < -0.3 is 40.0 Å². The first-order chi connectivity index (χ1) is 30.0. The van der Waals surface area contributed by atoms with E-state index in [2.05, 4.69) is 22.5 Å². The number of methoxy groups -OCH3 is 1. The minimum absolute atomic E-state index is 0.0932. The SMILES string of the molecule is C=C[C@@H]1C[C@]1(NC(=O)CC1C[C@@H](Oc2cc(-c3csc(NC(C)C)n3)nc3cc(OC)ccc23)CN1C(=O)[C@@H](NC(=O)OC1CCCC1)C(C)(C)C)P(=O)(O)/C=C/c1ccccc1. The van der Waals surface area contributed by atoms with Crippen LogP contribution >= 0.6 is 18.7 Å². The summed E-state index contributed by atoms with van der Waals surface area (Å²) in [7, 11) is -2.53. The average molecular weight is 899 g/mol. The monoisotopic (exact) mass is 898 g/mol. The van der Waals surface area contributed by atoms with Crippen LogP contribution in [-0.4, -0.2) is 86.9 Å². The molecule has 7 rings (SSSR count). The molecule has 3 amide bonds. The van der Waals surface area contributed by atoms with Crippen molar-refractivity contribution in [3.63, 3.8) is 0 Å². The fourth-order valence-corrected chi connectivity index (χ4v) is 11.3. The van der Waals surface area contributed by atoms with Gasteiger partial charge in [-0.2, -0.15) is 0 Å². The van der Waals surface area contributed by atoms with Gasteiger partial charge in [0, 0.05) is 59.6 Å². The summed E-state index contributed by atoms with van der Waals surface area (Å²) in [6, 6.07) is 15.0. The highest BCUT2D eigenvalue weighted by molar-refractivity contribution is 7.63.